The molecule has 4 heteroatoms. The maximum absolute atomic E-state index is 10.4. The molecule has 0 aromatic rings. The van der Waals surface area contributed by atoms with E-state index >= 15 is 0 Å². The fourth-order valence-electron chi connectivity index (χ4n) is 1.41. The molecule has 1 aliphatic heterocycles. The average molecular weight is 268 g/mol. The number of hydrogen-bond acceptors (Lipinski definition) is 3. The van der Waals surface area contributed by atoms with Crippen LogP contribution in [0.4, 0.5) is 0 Å². The van der Waals surface area contributed by atoms with Gasteiger partial charge in [0.2, 0.25) is 5.91 Å². The third kappa shape index (κ3) is 10.5. The van der Waals surface area contributed by atoms with E-state index in [-0.39, 0.29) is 11.8 Å². The van der Waals surface area contributed by atoms with E-state index < -0.39 is 0 Å². The third-order valence-electron chi connectivity index (χ3n) is 2.57. The lowest BCUT2D eigenvalue weighted by molar-refractivity contribution is -0.123. The van der Waals surface area contributed by atoms with Gasteiger partial charge in [-0.05, 0) is 0 Å². The van der Waals surface area contributed by atoms with Gasteiger partial charge in [0.05, 0.1) is 19.8 Å². The second-order valence-corrected chi connectivity index (χ2v) is 5.13. The molecule has 0 aromatic heterocycles. The molecule has 1 rings (SSSR count). The first kappa shape index (κ1) is 17.9. The molecule has 19 heavy (non-hydrogen) atoms. The van der Waals surface area contributed by atoms with Crippen molar-refractivity contribution in [2.45, 2.75) is 27.7 Å². The minimum atomic E-state index is 0.0972. The van der Waals surface area contributed by atoms with Gasteiger partial charge in [-0.1, -0.05) is 39.5 Å². The lowest BCUT2D eigenvalue weighted by Crippen LogP contribution is -2.36. The van der Waals surface area contributed by atoms with Crippen LogP contribution in [0, 0.1) is 23.7 Å². The summed E-state index contributed by atoms with van der Waals surface area (Å²) >= 11 is 0. The third-order valence-corrected chi connectivity index (χ3v) is 2.57. The molecular weight excluding hydrogens is 240 g/mol. The molecule has 0 bridgehead atoms. The summed E-state index contributed by atoms with van der Waals surface area (Å²) in [7, 11) is 1.64. The quantitative estimate of drug-likeness (QED) is 0.769. The number of carbonyl (C=O) groups excluding carboxylic acids is 1. The predicted molar refractivity (Wildman–Crippen MR) is 78.8 cm³/mol. The van der Waals surface area contributed by atoms with E-state index in [1.165, 1.54) is 0 Å². The molecule has 1 N–H and O–H groups in total. The number of hydrogen-bond donors (Lipinski definition) is 1. The largest absolute Gasteiger partial charge is 0.379 e. The van der Waals surface area contributed by atoms with Crippen LogP contribution in [0.5, 0.6) is 0 Å². The molecule has 110 valence electrons. The first-order valence-corrected chi connectivity index (χ1v) is 6.97. The summed E-state index contributed by atoms with van der Waals surface area (Å²) in [6.07, 6.45) is 0. The van der Waals surface area contributed by atoms with Crippen molar-refractivity contribution < 1.29 is 9.53 Å². The molecule has 0 aliphatic carbocycles. The van der Waals surface area contributed by atoms with Crippen LogP contribution in [0.25, 0.3) is 0 Å². The number of carbonyl (C=O) groups is 1. The molecule has 0 saturated carbocycles. The van der Waals surface area contributed by atoms with Crippen molar-refractivity contribution in [1.82, 2.24) is 10.2 Å². The Bertz CT molecular complexity index is 297. The van der Waals surface area contributed by atoms with Crippen LogP contribution in [0.3, 0.4) is 0 Å². The molecule has 1 aliphatic rings. The zero-order chi connectivity index (χ0) is 14.7. The van der Waals surface area contributed by atoms with Crippen molar-refractivity contribution in [3.8, 4) is 11.8 Å². The van der Waals surface area contributed by atoms with Crippen molar-refractivity contribution in [1.29, 1.82) is 0 Å². The van der Waals surface area contributed by atoms with Crippen molar-refractivity contribution in [2.75, 3.05) is 39.9 Å². The highest BCUT2D eigenvalue weighted by Crippen LogP contribution is 1.95. The highest BCUT2D eigenvalue weighted by Gasteiger charge is 2.07. The van der Waals surface area contributed by atoms with E-state index in [1.807, 2.05) is 13.8 Å². The second kappa shape index (κ2) is 10.8. The Morgan fingerprint density at radius 1 is 1.26 bits per heavy atom. The van der Waals surface area contributed by atoms with Crippen LogP contribution in [-0.2, 0) is 9.53 Å². The van der Waals surface area contributed by atoms with Crippen LogP contribution < -0.4 is 5.32 Å². The molecule has 1 heterocycles. The van der Waals surface area contributed by atoms with Gasteiger partial charge in [-0.15, -0.1) is 0 Å². The summed E-state index contributed by atoms with van der Waals surface area (Å²) in [5.41, 5.74) is 0. The van der Waals surface area contributed by atoms with E-state index in [1.54, 1.807) is 7.05 Å². The van der Waals surface area contributed by atoms with Gasteiger partial charge in [-0.3, -0.25) is 9.69 Å². The summed E-state index contributed by atoms with van der Waals surface area (Å²) in [5, 5.41) is 2.53. The lowest BCUT2D eigenvalue weighted by Gasteiger charge is -2.24. The Kier molecular flexibility index (Phi) is 10.2. The van der Waals surface area contributed by atoms with Crippen molar-refractivity contribution in [3.05, 3.63) is 0 Å². The molecule has 1 amide bonds. The zero-order valence-electron chi connectivity index (χ0n) is 13.0. The van der Waals surface area contributed by atoms with Crippen molar-refractivity contribution >= 4 is 5.91 Å². The number of rotatable bonds is 2. The Hall–Kier alpha value is -1.05. The number of nitrogens with zero attached hydrogens (tertiary/aromatic N) is 1. The SMILES string of the molecule is CC(C)C#CCN1CCOCC1.CNC(=O)C(C)C. The van der Waals surface area contributed by atoms with Gasteiger partial charge in [0.1, 0.15) is 0 Å². The Morgan fingerprint density at radius 2 is 1.84 bits per heavy atom. The van der Waals surface area contributed by atoms with Gasteiger partial charge < -0.3 is 10.1 Å². The zero-order valence-corrected chi connectivity index (χ0v) is 13.0. The first-order valence-electron chi connectivity index (χ1n) is 6.97. The van der Waals surface area contributed by atoms with Crippen molar-refractivity contribution in [2.24, 2.45) is 11.8 Å². The molecule has 0 aromatic carbocycles. The molecule has 0 unspecified atom stereocenters. The van der Waals surface area contributed by atoms with Gasteiger partial charge in [0.25, 0.3) is 0 Å². The van der Waals surface area contributed by atoms with Crippen LogP contribution in [0.1, 0.15) is 27.7 Å². The summed E-state index contributed by atoms with van der Waals surface area (Å²) in [6.45, 7) is 12.7. The minimum Gasteiger partial charge on any atom is -0.379 e. The van der Waals surface area contributed by atoms with E-state index in [0.717, 1.165) is 32.8 Å². The second-order valence-electron chi connectivity index (χ2n) is 5.13. The van der Waals surface area contributed by atoms with Crippen LogP contribution >= 0.6 is 0 Å². The molecule has 0 atom stereocenters. The monoisotopic (exact) mass is 268 g/mol. The van der Waals surface area contributed by atoms with Gasteiger partial charge in [0, 0.05) is 32.0 Å². The maximum atomic E-state index is 10.4. The van der Waals surface area contributed by atoms with Gasteiger partial charge in [0.15, 0.2) is 0 Å². The highest BCUT2D eigenvalue weighted by atomic mass is 16.5. The van der Waals surface area contributed by atoms with Gasteiger partial charge >= 0.3 is 0 Å². The smallest absolute Gasteiger partial charge is 0.222 e. The Labute approximate surface area is 117 Å². The Morgan fingerprint density at radius 3 is 2.21 bits per heavy atom. The number of ether oxygens (including phenoxy) is 1. The summed E-state index contributed by atoms with van der Waals surface area (Å²) in [4.78, 5) is 12.7. The molecule has 0 spiro atoms. The predicted octanol–water partition coefficient (Wildman–Crippen LogP) is 1.37. The summed E-state index contributed by atoms with van der Waals surface area (Å²) < 4.78 is 5.24. The molecule has 0 radical (unpaired) electrons. The summed E-state index contributed by atoms with van der Waals surface area (Å²) in [6, 6.07) is 0. The fourth-order valence-corrected chi connectivity index (χ4v) is 1.41. The Balaban J connectivity index is 0.000000399. The highest BCUT2D eigenvalue weighted by molar-refractivity contribution is 5.77. The maximum Gasteiger partial charge on any atom is 0.222 e. The number of amides is 1. The fraction of sp³-hybridized carbons (Fsp3) is 0.800. The van der Waals surface area contributed by atoms with E-state index in [9.17, 15) is 4.79 Å². The van der Waals surface area contributed by atoms with E-state index in [2.05, 4.69) is 35.9 Å². The first-order chi connectivity index (χ1) is 8.97. The lowest BCUT2D eigenvalue weighted by atomic mass is 10.2. The van der Waals surface area contributed by atoms with Gasteiger partial charge in [-0.25, -0.2) is 0 Å². The van der Waals surface area contributed by atoms with Crippen LogP contribution in [0.15, 0.2) is 0 Å². The van der Waals surface area contributed by atoms with Crippen molar-refractivity contribution in [3.63, 3.8) is 0 Å². The topological polar surface area (TPSA) is 41.6 Å². The number of morpholine rings is 1. The van der Waals surface area contributed by atoms with E-state index in [4.69, 9.17) is 4.74 Å². The minimum absolute atomic E-state index is 0.0972. The summed E-state index contributed by atoms with van der Waals surface area (Å²) in [5.74, 6) is 7.04. The standard InChI is InChI=1S/C10H17NO.C5H11NO/c1-10(2)4-3-5-11-6-8-12-9-7-11;1-4(2)5(7)6-3/h10H,5-9H2,1-2H3;4H,1-3H3,(H,6,7). The molecular formula is C15H28N2O2. The van der Waals surface area contributed by atoms with E-state index in [0.29, 0.717) is 5.92 Å². The number of nitrogens with one attached hydrogen (secondary N) is 1. The molecule has 1 fully saturated rings. The molecule has 4 nitrogen and oxygen atoms in total. The van der Waals surface area contributed by atoms with Crippen LogP contribution in [0.2, 0.25) is 0 Å². The normalized spacial score (nSPS) is 15.3. The van der Waals surface area contributed by atoms with Gasteiger partial charge in [-0.2, -0.15) is 0 Å². The average Bonchev–Trinajstić information content (AvgIpc) is 2.39. The van der Waals surface area contributed by atoms with Crippen LogP contribution in [-0.4, -0.2) is 50.7 Å². The molecule has 1 saturated heterocycles.